The van der Waals surface area contributed by atoms with E-state index in [0.717, 1.165) is 5.56 Å². The SMILES string of the molecule is CC(=O)c1ccc(C[C@H](N)C(=O)[O-])cc1. The Morgan fingerprint density at radius 2 is 1.87 bits per heavy atom. The van der Waals surface area contributed by atoms with Gasteiger partial charge in [0.1, 0.15) is 0 Å². The van der Waals surface area contributed by atoms with Crippen LogP contribution in [0, 0.1) is 0 Å². The highest BCUT2D eigenvalue weighted by Crippen LogP contribution is 2.06. The number of Topliss-reactive ketones (excluding diaryl/α,β-unsaturated/α-hetero) is 1. The molecule has 1 rings (SSSR count). The zero-order valence-electron chi connectivity index (χ0n) is 8.40. The van der Waals surface area contributed by atoms with Gasteiger partial charge in [-0.1, -0.05) is 24.3 Å². The molecule has 15 heavy (non-hydrogen) atoms. The molecule has 0 aliphatic rings. The molecule has 0 radical (unpaired) electrons. The Labute approximate surface area is 87.7 Å². The second-order valence-corrected chi connectivity index (χ2v) is 3.38. The third kappa shape index (κ3) is 3.18. The average Bonchev–Trinajstić information content (AvgIpc) is 2.18. The Balaban J connectivity index is 2.72. The number of carboxylic acid groups (broad SMARTS) is 1. The van der Waals surface area contributed by atoms with E-state index in [2.05, 4.69) is 0 Å². The highest BCUT2D eigenvalue weighted by atomic mass is 16.4. The predicted molar refractivity (Wildman–Crippen MR) is 53.1 cm³/mol. The van der Waals surface area contributed by atoms with Crippen LogP contribution in [-0.2, 0) is 11.2 Å². The van der Waals surface area contributed by atoms with Crippen molar-refractivity contribution in [3.8, 4) is 0 Å². The van der Waals surface area contributed by atoms with Gasteiger partial charge in [0.25, 0.3) is 0 Å². The maximum Gasteiger partial charge on any atom is 0.159 e. The van der Waals surface area contributed by atoms with Gasteiger partial charge in [-0.05, 0) is 18.9 Å². The van der Waals surface area contributed by atoms with Crippen molar-refractivity contribution in [1.82, 2.24) is 0 Å². The highest BCUT2D eigenvalue weighted by molar-refractivity contribution is 5.94. The van der Waals surface area contributed by atoms with E-state index in [0.29, 0.717) is 5.56 Å². The Kier molecular flexibility index (Phi) is 3.57. The molecule has 1 atom stereocenters. The lowest BCUT2D eigenvalue weighted by atomic mass is 10.0. The molecule has 0 aromatic heterocycles. The Morgan fingerprint density at radius 1 is 1.33 bits per heavy atom. The van der Waals surface area contributed by atoms with Gasteiger partial charge in [-0.15, -0.1) is 0 Å². The number of ketones is 1. The summed E-state index contributed by atoms with van der Waals surface area (Å²) in [6, 6.07) is 5.69. The smallest absolute Gasteiger partial charge is 0.159 e. The second-order valence-electron chi connectivity index (χ2n) is 3.38. The molecular formula is C11H12NO3-. The number of hydrogen-bond donors (Lipinski definition) is 1. The van der Waals surface area contributed by atoms with Gasteiger partial charge in [0.05, 0.1) is 5.97 Å². The Hall–Kier alpha value is -1.68. The summed E-state index contributed by atoms with van der Waals surface area (Å²) < 4.78 is 0. The summed E-state index contributed by atoms with van der Waals surface area (Å²) in [5.74, 6) is -1.30. The van der Waals surface area contributed by atoms with Crippen LogP contribution >= 0.6 is 0 Å². The summed E-state index contributed by atoms with van der Waals surface area (Å²) in [5.41, 5.74) is 6.69. The van der Waals surface area contributed by atoms with E-state index in [9.17, 15) is 14.7 Å². The lowest BCUT2D eigenvalue weighted by molar-refractivity contribution is -0.307. The quantitative estimate of drug-likeness (QED) is 0.674. The summed E-state index contributed by atoms with van der Waals surface area (Å²) >= 11 is 0. The molecule has 1 aromatic carbocycles. The van der Waals surface area contributed by atoms with Gasteiger partial charge in [-0.3, -0.25) is 4.79 Å². The number of carbonyl (C=O) groups is 2. The first kappa shape index (κ1) is 11.4. The zero-order chi connectivity index (χ0) is 11.4. The van der Waals surface area contributed by atoms with E-state index >= 15 is 0 Å². The van der Waals surface area contributed by atoms with Crippen LogP contribution < -0.4 is 10.8 Å². The van der Waals surface area contributed by atoms with E-state index in [1.807, 2.05) is 0 Å². The van der Waals surface area contributed by atoms with Crippen LogP contribution in [0.4, 0.5) is 0 Å². The molecule has 0 aliphatic carbocycles. The van der Waals surface area contributed by atoms with E-state index in [1.165, 1.54) is 6.92 Å². The third-order valence-corrected chi connectivity index (χ3v) is 2.12. The molecule has 0 heterocycles. The first-order chi connectivity index (χ1) is 7.00. The highest BCUT2D eigenvalue weighted by Gasteiger charge is 2.05. The average molecular weight is 206 g/mol. The molecule has 80 valence electrons. The number of aliphatic carboxylic acids is 1. The number of nitrogens with two attached hydrogens (primary N) is 1. The monoisotopic (exact) mass is 206 g/mol. The molecule has 0 aliphatic heterocycles. The van der Waals surface area contributed by atoms with Gasteiger partial charge in [-0.25, -0.2) is 0 Å². The van der Waals surface area contributed by atoms with E-state index < -0.39 is 12.0 Å². The minimum absolute atomic E-state index is 0.0225. The van der Waals surface area contributed by atoms with Gasteiger partial charge >= 0.3 is 0 Å². The van der Waals surface area contributed by atoms with Crippen molar-refractivity contribution < 1.29 is 14.7 Å². The zero-order valence-corrected chi connectivity index (χ0v) is 8.40. The minimum atomic E-state index is -1.27. The number of hydrogen-bond acceptors (Lipinski definition) is 4. The van der Waals surface area contributed by atoms with Gasteiger partial charge in [-0.2, -0.15) is 0 Å². The number of carbonyl (C=O) groups excluding carboxylic acids is 2. The summed E-state index contributed by atoms with van der Waals surface area (Å²) in [4.78, 5) is 21.3. The largest absolute Gasteiger partial charge is 0.548 e. The van der Waals surface area contributed by atoms with Crippen LogP contribution in [0.3, 0.4) is 0 Å². The van der Waals surface area contributed by atoms with Crippen LogP contribution in [0.5, 0.6) is 0 Å². The van der Waals surface area contributed by atoms with Crippen molar-refractivity contribution in [2.24, 2.45) is 5.73 Å². The standard InChI is InChI=1S/C11H13NO3/c1-7(13)9-4-2-8(3-5-9)6-10(12)11(14)15/h2-5,10H,6,12H2,1H3,(H,14,15)/p-1/t10-/m0/s1. The fraction of sp³-hybridized carbons (Fsp3) is 0.273. The predicted octanol–water partition coefficient (Wildman–Crippen LogP) is -0.491. The number of rotatable bonds is 4. The second kappa shape index (κ2) is 4.70. The summed E-state index contributed by atoms with van der Waals surface area (Å²) in [7, 11) is 0. The van der Waals surface area contributed by atoms with Crippen LogP contribution in [0.25, 0.3) is 0 Å². The van der Waals surface area contributed by atoms with Crippen molar-refractivity contribution in [1.29, 1.82) is 0 Å². The molecule has 0 fully saturated rings. The molecule has 0 saturated heterocycles. The molecule has 1 aromatic rings. The maximum atomic E-state index is 11.0. The van der Waals surface area contributed by atoms with Crippen LogP contribution in [0.2, 0.25) is 0 Å². The fourth-order valence-electron chi connectivity index (χ4n) is 1.21. The minimum Gasteiger partial charge on any atom is -0.548 e. The summed E-state index contributed by atoms with van der Waals surface area (Å²) in [5, 5.41) is 10.4. The molecular weight excluding hydrogens is 194 g/mol. The van der Waals surface area contributed by atoms with Crippen molar-refractivity contribution in [2.75, 3.05) is 0 Å². The van der Waals surface area contributed by atoms with Crippen LogP contribution in [-0.4, -0.2) is 17.8 Å². The third-order valence-electron chi connectivity index (χ3n) is 2.12. The van der Waals surface area contributed by atoms with E-state index in [1.54, 1.807) is 24.3 Å². The van der Waals surface area contributed by atoms with E-state index in [-0.39, 0.29) is 12.2 Å². The Bertz CT molecular complexity index is 370. The number of carboxylic acids is 1. The topological polar surface area (TPSA) is 83.2 Å². The lowest BCUT2D eigenvalue weighted by Crippen LogP contribution is -2.43. The first-order valence-electron chi connectivity index (χ1n) is 4.57. The first-order valence-corrected chi connectivity index (χ1v) is 4.57. The normalized spacial score (nSPS) is 12.1. The molecule has 4 heteroatoms. The summed E-state index contributed by atoms with van der Waals surface area (Å²) in [6.45, 7) is 1.47. The molecule has 0 amide bonds. The van der Waals surface area contributed by atoms with Crippen molar-refractivity contribution in [2.45, 2.75) is 19.4 Å². The van der Waals surface area contributed by atoms with Gasteiger partial charge in [0.2, 0.25) is 0 Å². The molecule has 0 unspecified atom stereocenters. The van der Waals surface area contributed by atoms with Gasteiger partial charge in [0, 0.05) is 11.6 Å². The maximum absolute atomic E-state index is 11.0. The summed E-state index contributed by atoms with van der Waals surface area (Å²) in [6.07, 6.45) is 0.209. The van der Waals surface area contributed by atoms with Crippen LogP contribution in [0.15, 0.2) is 24.3 Å². The number of benzene rings is 1. The van der Waals surface area contributed by atoms with Gasteiger partial charge < -0.3 is 15.6 Å². The van der Waals surface area contributed by atoms with Gasteiger partial charge in [0.15, 0.2) is 5.78 Å². The lowest BCUT2D eigenvalue weighted by Gasteiger charge is -2.12. The van der Waals surface area contributed by atoms with Crippen molar-refractivity contribution in [3.63, 3.8) is 0 Å². The molecule has 0 saturated carbocycles. The van der Waals surface area contributed by atoms with Crippen molar-refractivity contribution >= 4 is 11.8 Å². The van der Waals surface area contributed by atoms with E-state index in [4.69, 9.17) is 5.73 Å². The van der Waals surface area contributed by atoms with Crippen molar-refractivity contribution in [3.05, 3.63) is 35.4 Å². The van der Waals surface area contributed by atoms with Crippen LogP contribution in [0.1, 0.15) is 22.8 Å². The molecule has 0 spiro atoms. The Morgan fingerprint density at radius 3 is 2.27 bits per heavy atom. The molecule has 0 bridgehead atoms. The molecule has 4 nitrogen and oxygen atoms in total. The molecule has 2 N–H and O–H groups in total. The fourth-order valence-corrected chi connectivity index (χ4v) is 1.21.